The molecule has 4 rings (SSSR count). The van der Waals surface area contributed by atoms with Gasteiger partial charge in [-0.05, 0) is 43.3 Å². The molecule has 0 bridgehead atoms. The molecule has 9 heteroatoms. The Kier molecular flexibility index (Phi) is 6.65. The van der Waals surface area contributed by atoms with E-state index in [0.717, 1.165) is 17.1 Å². The van der Waals surface area contributed by atoms with E-state index in [9.17, 15) is 9.00 Å². The maximum absolute atomic E-state index is 12.6. The monoisotopic (exact) mass is 452 g/mol. The predicted octanol–water partition coefficient (Wildman–Crippen LogP) is 3.07. The SMILES string of the molecule is CCOc1cccc(N2CCOc3nc(C(=O)NCc4ccc(S(C)=O)cn4)ccc32)c1. The number of nitrogens with zero attached hydrogens (tertiary/aromatic N) is 3. The predicted molar refractivity (Wildman–Crippen MR) is 122 cm³/mol. The minimum atomic E-state index is -1.09. The van der Waals surface area contributed by atoms with Crippen molar-refractivity contribution in [1.82, 2.24) is 15.3 Å². The minimum Gasteiger partial charge on any atom is -0.494 e. The lowest BCUT2D eigenvalue weighted by atomic mass is 10.2. The fourth-order valence-electron chi connectivity index (χ4n) is 3.35. The molecule has 0 saturated carbocycles. The molecular formula is C23H24N4O4S. The standard InChI is InChI=1S/C23H24N4O4S/c1-3-30-18-6-4-5-17(13-18)27-11-12-31-23-21(27)10-9-20(26-23)22(28)25-14-16-7-8-19(15-24-16)32(2)29/h4-10,13,15H,3,11-12,14H2,1-2H3,(H,25,28). The van der Waals surface area contributed by atoms with Crippen LogP contribution in [0.4, 0.5) is 11.4 Å². The van der Waals surface area contributed by atoms with E-state index in [2.05, 4.69) is 20.2 Å². The smallest absolute Gasteiger partial charge is 0.270 e. The molecule has 0 saturated heterocycles. The first-order chi connectivity index (χ1) is 15.5. The Labute approximate surface area is 189 Å². The third-order valence-electron chi connectivity index (χ3n) is 4.92. The summed E-state index contributed by atoms with van der Waals surface area (Å²) in [7, 11) is -1.09. The van der Waals surface area contributed by atoms with Crippen molar-refractivity contribution in [2.75, 3.05) is 30.9 Å². The van der Waals surface area contributed by atoms with Crippen molar-refractivity contribution in [2.45, 2.75) is 18.4 Å². The summed E-state index contributed by atoms with van der Waals surface area (Å²) in [4.78, 5) is 24.0. The number of hydrogen-bond acceptors (Lipinski definition) is 7. The number of rotatable bonds is 7. The Morgan fingerprint density at radius 2 is 2.12 bits per heavy atom. The summed E-state index contributed by atoms with van der Waals surface area (Å²) in [5, 5.41) is 2.81. The van der Waals surface area contributed by atoms with Crippen LogP contribution in [0.3, 0.4) is 0 Å². The molecule has 1 atom stereocenters. The van der Waals surface area contributed by atoms with Gasteiger partial charge in [0, 0.05) is 24.2 Å². The molecule has 1 N–H and O–H groups in total. The Morgan fingerprint density at radius 3 is 2.88 bits per heavy atom. The van der Waals surface area contributed by atoms with Crippen LogP contribution < -0.4 is 19.7 Å². The molecule has 1 unspecified atom stereocenters. The number of nitrogens with one attached hydrogen (secondary N) is 1. The average molecular weight is 453 g/mol. The van der Waals surface area contributed by atoms with Crippen LogP contribution in [-0.4, -0.2) is 46.1 Å². The van der Waals surface area contributed by atoms with Crippen molar-refractivity contribution in [3.63, 3.8) is 0 Å². The van der Waals surface area contributed by atoms with Gasteiger partial charge in [-0.1, -0.05) is 6.07 Å². The molecule has 0 radical (unpaired) electrons. The second-order valence-electron chi connectivity index (χ2n) is 7.07. The summed E-state index contributed by atoms with van der Waals surface area (Å²) in [5.41, 5.74) is 2.70. The quantitative estimate of drug-likeness (QED) is 0.589. The van der Waals surface area contributed by atoms with Gasteiger partial charge in [0.05, 0.1) is 41.1 Å². The van der Waals surface area contributed by atoms with Gasteiger partial charge in [-0.25, -0.2) is 4.98 Å². The van der Waals surface area contributed by atoms with E-state index >= 15 is 0 Å². The number of anilines is 2. The van der Waals surface area contributed by atoms with Crippen LogP contribution in [0.2, 0.25) is 0 Å². The molecule has 8 nitrogen and oxygen atoms in total. The molecule has 2 aromatic heterocycles. The topological polar surface area (TPSA) is 93.7 Å². The van der Waals surface area contributed by atoms with Crippen molar-refractivity contribution in [2.24, 2.45) is 0 Å². The van der Waals surface area contributed by atoms with Gasteiger partial charge < -0.3 is 19.7 Å². The summed E-state index contributed by atoms with van der Waals surface area (Å²) < 4.78 is 22.8. The molecule has 3 aromatic rings. The highest BCUT2D eigenvalue weighted by atomic mass is 32.2. The number of fused-ring (bicyclic) bond motifs is 1. The van der Waals surface area contributed by atoms with Crippen molar-refractivity contribution >= 4 is 28.1 Å². The van der Waals surface area contributed by atoms with Gasteiger partial charge in [0.2, 0.25) is 5.88 Å². The van der Waals surface area contributed by atoms with Crippen molar-refractivity contribution in [1.29, 1.82) is 0 Å². The number of ether oxygens (including phenoxy) is 2. The number of aromatic nitrogens is 2. The van der Waals surface area contributed by atoms with E-state index in [1.807, 2.05) is 37.3 Å². The number of carbonyl (C=O) groups excluding carboxylic acids is 1. The number of amides is 1. The zero-order valence-electron chi connectivity index (χ0n) is 17.9. The lowest BCUT2D eigenvalue weighted by molar-refractivity contribution is 0.0944. The van der Waals surface area contributed by atoms with Crippen molar-refractivity contribution < 1.29 is 18.5 Å². The van der Waals surface area contributed by atoms with Gasteiger partial charge in [0.15, 0.2) is 0 Å². The van der Waals surface area contributed by atoms with Crippen LogP contribution in [0, 0.1) is 0 Å². The van der Waals surface area contributed by atoms with Gasteiger partial charge >= 0.3 is 0 Å². The molecule has 1 aliphatic heterocycles. The average Bonchev–Trinajstić information content (AvgIpc) is 2.82. The molecule has 166 valence electrons. The number of hydrogen-bond donors (Lipinski definition) is 1. The first-order valence-electron chi connectivity index (χ1n) is 10.3. The fourth-order valence-corrected chi connectivity index (χ4v) is 3.81. The Balaban J connectivity index is 1.47. The molecule has 3 heterocycles. The van der Waals surface area contributed by atoms with E-state index < -0.39 is 10.8 Å². The van der Waals surface area contributed by atoms with E-state index in [0.29, 0.717) is 36.2 Å². The van der Waals surface area contributed by atoms with E-state index in [-0.39, 0.29) is 18.1 Å². The van der Waals surface area contributed by atoms with E-state index in [4.69, 9.17) is 9.47 Å². The minimum absolute atomic E-state index is 0.241. The van der Waals surface area contributed by atoms with Crippen LogP contribution in [-0.2, 0) is 17.3 Å². The van der Waals surface area contributed by atoms with Gasteiger partial charge in [0.1, 0.15) is 23.7 Å². The fraction of sp³-hybridized carbons (Fsp3) is 0.261. The number of benzene rings is 1. The highest BCUT2D eigenvalue weighted by Gasteiger charge is 2.23. The van der Waals surface area contributed by atoms with Crippen LogP contribution in [0.1, 0.15) is 23.1 Å². The zero-order valence-corrected chi connectivity index (χ0v) is 18.7. The molecular weight excluding hydrogens is 428 g/mol. The molecule has 0 spiro atoms. The largest absolute Gasteiger partial charge is 0.494 e. The third kappa shape index (κ3) is 4.88. The van der Waals surface area contributed by atoms with E-state index in [1.165, 1.54) is 0 Å². The number of pyridine rings is 2. The third-order valence-corrected chi connectivity index (χ3v) is 5.82. The van der Waals surface area contributed by atoms with Crippen LogP contribution in [0.5, 0.6) is 11.6 Å². The summed E-state index contributed by atoms with van der Waals surface area (Å²) >= 11 is 0. The van der Waals surface area contributed by atoms with Crippen LogP contribution in [0.25, 0.3) is 0 Å². The second kappa shape index (κ2) is 9.78. The molecule has 1 aliphatic rings. The normalized spacial score (nSPS) is 13.6. The first-order valence-corrected chi connectivity index (χ1v) is 11.8. The highest BCUT2D eigenvalue weighted by Crippen LogP contribution is 2.36. The summed E-state index contributed by atoms with van der Waals surface area (Å²) in [5.74, 6) is 0.893. The summed E-state index contributed by atoms with van der Waals surface area (Å²) in [6.45, 7) is 3.91. The summed E-state index contributed by atoms with van der Waals surface area (Å²) in [6, 6.07) is 14.9. The molecule has 1 aromatic carbocycles. The maximum Gasteiger partial charge on any atom is 0.270 e. The Morgan fingerprint density at radius 1 is 1.25 bits per heavy atom. The lowest BCUT2D eigenvalue weighted by Crippen LogP contribution is -2.30. The molecule has 0 aliphatic carbocycles. The van der Waals surface area contributed by atoms with Gasteiger partial charge in [-0.15, -0.1) is 0 Å². The van der Waals surface area contributed by atoms with Crippen molar-refractivity contribution in [3.8, 4) is 11.6 Å². The maximum atomic E-state index is 12.6. The highest BCUT2D eigenvalue weighted by molar-refractivity contribution is 7.84. The molecule has 32 heavy (non-hydrogen) atoms. The lowest BCUT2D eigenvalue weighted by Gasteiger charge is -2.30. The zero-order chi connectivity index (χ0) is 22.5. The first kappa shape index (κ1) is 21.8. The molecule has 1 amide bonds. The Bertz CT molecular complexity index is 1140. The van der Waals surface area contributed by atoms with Gasteiger partial charge in [-0.3, -0.25) is 14.0 Å². The van der Waals surface area contributed by atoms with E-state index in [1.54, 1.807) is 30.7 Å². The molecule has 0 fully saturated rings. The van der Waals surface area contributed by atoms with Gasteiger partial charge in [-0.2, -0.15) is 0 Å². The van der Waals surface area contributed by atoms with Crippen LogP contribution in [0.15, 0.2) is 59.6 Å². The van der Waals surface area contributed by atoms with Crippen molar-refractivity contribution in [3.05, 3.63) is 66.1 Å². The second-order valence-corrected chi connectivity index (χ2v) is 8.45. The van der Waals surface area contributed by atoms with Gasteiger partial charge in [0.25, 0.3) is 5.91 Å². The van der Waals surface area contributed by atoms with Crippen LogP contribution >= 0.6 is 0 Å². The summed E-state index contributed by atoms with van der Waals surface area (Å²) in [6.07, 6.45) is 3.15. The number of carbonyl (C=O) groups is 1. The Hall–Kier alpha value is -3.46.